The fourth-order valence-corrected chi connectivity index (χ4v) is 1.24. The van der Waals surface area contributed by atoms with Gasteiger partial charge in [0.2, 0.25) is 5.91 Å². The number of carbonyl (C=O) groups excluding carboxylic acids is 1. The summed E-state index contributed by atoms with van der Waals surface area (Å²) in [6.45, 7) is 1.44. The number of carboxylic acids is 1. The third-order valence-electron chi connectivity index (χ3n) is 2.10. The number of pyridine rings is 1. The standard InChI is InChI=1S/C8H9NO2.C6H5NO2/c1-6(10)9-7-2-4-8(11)5-3-7;8-6(9)5-2-1-3-7-4-5/h2-5,11H,1H3,(H,9,10);1-4H,(H,8,9). The van der Waals surface area contributed by atoms with E-state index in [1.807, 2.05) is 0 Å². The molecule has 6 heteroatoms. The van der Waals surface area contributed by atoms with Gasteiger partial charge in [0, 0.05) is 25.0 Å². The Morgan fingerprint density at radius 2 is 1.80 bits per heavy atom. The second-order valence-corrected chi connectivity index (χ2v) is 3.77. The van der Waals surface area contributed by atoms with E-state index >= 15 is 0 Å². The summed E-state index contributed by atoms with van der Waals surface area (Å²) in [6, 6.07) is 9.39. The molecule has 1 amide bonds. The van der Waals surface area contributed by atoms with Crippen LogP contribution in [0.25, 0.3) is 0 Å². The second-order valence-electron chi connectivity index (χ2n) is 3.77. The molecule has 0 spiro atoms. The molecule has 20 heavy (non-hydrogen) atoms. The zero-order chi connectivity index (χ0) is 15.0. The lowest BCUT2D eigenvalue weighted by molar-refractivity contribution is -0.114. The number of benzene rings is 1. The second kappa shape index (κ2) is 7.52. The highest BCUT2D eigenvalue weighted by Crippen LogP contribution is 2.13. The smallest absolute Gasteiger partial charge is 0.337 e. The Hall–Kier alpha value is -2.89. The Balaban J connectivity index is 0.000000204. The van der Waals surface area contributed by atoms with E-state index in [9.17, 15) is 9.59 Å². The van der Waals surface area contributed by atoms with Gasteiger partial charge in [-0.3, -0.25) is 9.78 Å². The van der Waals surface area contributed by atoms with Crippen LogP contribution in [-0.4, -0.2) is 27.1 Å². The number of nitrogens with one attached hydrogen (secondary N) is 1. The minimum atomic E-state index is -0.942. The van der Waals surface area contributed by atoms with E-state index in [1.54, 1.807) is 18.2 Å². The average molecular weight is 274 g/mol. The molecule has 3 N–H and O–H groups in total. The van der Waals surface area contributed by atoms with E-state index in [0.29, 0.717) is 5.69 Å². The minimum Gasteiger partial charge on any atom is -0.508 e. The highest BCUT2D eigenvalue weighted by molar-refractivity contribution is 5.88. The normalized spacial score (nSPS) is 9.05. The number of aromatic carboxylic acids is 1. The molecule has 0 saturated carbocycles. The molecule has 104 valence electrons. The molecule has 2 aromatic rings. The predicted molar refractivity (Wildman–Crippen MR) is 73.6 cm³/mol. The summed E-state index contributed by atoms with van der Waals surface area (Å²) in [5.41, 5.74) is 0.910. The van der Waals surface area contributed by atoms with Crippen LogP contribution in [0.2, 0.25) is 0 Å². The molecule has 1 heterocycles. The largest absolute Gasteiger partial charge is 0.508 e. The van der Waals surface area contributed by atoms with Crippen LogP contribution in [0, 0.1) is 0 Å². The van der Waals surface area contributed by atoms with E-state index in [-0.39, 0.29) is 17.2 Å². The number of anilines is 1. The number of nitrogens with zero attached hydrogens (tertiary/aromatic N) is 1. The highest BCUT2D eigenvalue weighted by Gasteiger charge is 1.97. The Kier molecular flexibility index (Phi) is 5.71. The van der Waals surface area contributed by atoms with Gasteiger partial charge in [-0.25, -0.2) is 4.79 Å². The fraction of sp³-hybridized carbons (Fsp3) is 0.0714. The first-order chi connectivity index (χ1) is 9.49. The predicted octanol–water partition coefficient (Wildman–Crippen LogP) is 2.13. The molecule has 0 aliphatic heterocycles. The van der Waals surface area contributed by atoms with Gasteiger partial charge in [0.05, 0.1) is 5.56 Å². The number of hydrogen-bond acceptors (Lipinski definition) is 4. The molecule has 0 aliphatic rings. The van der Waals surface area contributed by atoms with Gasteiger partial charge in [-0.15, -0.1) is 0 Å². The molecule has 2 rings (SSSR count). The average Bonchev–Trinajstić information content (AvgIpc) is 2.43. The zero-order valence-corrected chi connectivity index (χ0v) is 10.8. The van der Waals surface area contributed by atoms with Crippen LogP contribution in [-0.2, 0) is 4.79 Å². The maximum absolute atomic E-state index is 10.5. The Labute approximate surface area is 115 Å². The molecule has 0 radical (unpaired) electrons. The maximum atomic E-state index is 10.5. The van der Waals surface area contributed by atoms with Gasteiger partial charge in [0.1, 0.15) is 5.75 Å². The SMILES string of the molecule is CC(=O)Nc1ccc(O)cc1.O=C(O)c1cccnc1. The molecule has 0 aliphatic carbocycles. The van der Waals surface area contributed by atoms with Crippen LogP contribution in [0.5, 0.6) is 5.75 Å². The third kappa shape index (κ3) is 5.63. The lowest BCUT2D eigenvalue weighted by Gasteiger charge is -1.99. The van der Waals surface area contributed by atoms with Gasteiger partial charge < -0.3 is 15.5 Å². The lowest BCUT2D eigenvalue weighted by Crippen LogP contribution is -2.04. The van der Waals surface area contributed by atoms with Gasteiger partial charge >= 0.3 is 5.97 Å². The summed E-state index contributed by atoms with van der Waals surface area (Å²) in [5.74, 6) is -0.863. The highest BCUT2D eigenvalue weighted by atomic mass is 16.4. The number of hydrogen-bond donors (Lipinski definition) is 3. The van der Waals surface area contributed by atoms with Crippen molar-refractivity contribution in [2.45, 2.75) is 6.92 Å². The summed E-state index contributed by atoms with van der Waals surface area (Å²) in [7, 11) is 0. The Morgan fingerprint density at radius 3 is 2.20 bits per heavy atom. The molecule has 0 fully saturated rings. The number of phenols is 1. The van der Waals surface area contributed by atoms with E-state index < -0.39 is 5.97 Å². The van der Waals surface area contributed by atoms with Crippen LogP contribution in [0.15, 0.2) is 48.8 Å². The minimum absolute atomic E-state index is 0.115. The fourth-order valence-electron chi connectivity index (χ4n) is 1.24. The Bertz CT molecular complexity index is 567. The van der Waals surface area contributed by atoms with Crippen LogP contribution in [0.1, 0.15) is 17.3 Å². The van der Waals surface area contributed by atoms with E-state index in [2.05, 4.69) is 10.3 Å². The van der Waals surface area contributed by atoms with Crippen molar-refractivity contribution < 1.29 is 19.8 Å². The van der Waals surface area contributed by atoms with Crippen molar-refractivity contribution in [2.24, 2.45) is 0 Å². The number of rotatable bonds is 2. The molecule has 0 bridgehead atoms. The first-order valence-electron chi connectivity index (χ1n) is 5.69. The van der Waals surface area contributed by atoms with Crippen LogP contribution in [0.4, 0.5) is 5.69 Å². The quantitative estimate of drug-likeness (QED) is 0.728. The van der Waals surface area contributed by atoms with Crippen molar-refractivity contribution in [2.75, 3.05) is 5.32 Å². The number of aromatic hydroxyl groups is 1. The van der Waals surface area contributed by atoms with Crippen molar-refractivity contribution in [1.82, 2.24) is 4.98 Å². The van der Waals surface area contributed by atoms with Crippen LogP contribution >= 0.6 is 0 Å². The van der Waals surface area contributed by atoms with Crippen LogP contribution in [0.3, 0.4) is 0 Å². The van der Waals surface area contributed by atoms with E-state index in [4.69, 9.17) is 10.2 Å². The third-order valence-corrected chi connectivity index (χ3v) is 2.10. The summed E-state index contributed by atoms with van der Waals surface area (Å²) in [5, 5.41) is 19.8. The molecule has 1 aromatic carbocycles. The zero-order valence-electron chi connectivity index (χ0n) is 10.8. The number of aromatic nitrogens is 1. The first-order valence-corrected chi connectivity index (χ1v) is 5.69. The molecule has 0 saturated heterocycles. The molecule has 0 unspecified atom stereocenters. The van der Waals surface area contributed by atoms with Gasteiger partial charge in [-0.1, -0.05) is 0 Å². The van der Waals surface area contributed by atoms with Gasteiger partial charge in [0.15, 0.2) is 0 Å². The van der Waals surface area contributed by atoms with Gasteiger partial charge in [0.25, 0.3) is 0 Å². The molecule has 6 nitrogen and oxygen atoms in total. The first kappa shape index (κ1) is 15.2. The van der Waals surface area contributed by atoms with E-state index in [1.165, 1.54) is 37.5 Å². The van der Waals surface area contributed by atoms with Crippen molar-refractivity contribution in [3.05, 3.63) is 54.4 Å². The summed E-state index contributed by atoms with van der Waals surface area (Å²) >= 11 is 0. The Morgan fingerprint density at radius 1 is 1.15 bits per heavy atom. The van der Waals surface area contributed by atoms with Crippen molar-refractivity contribution in [3.8, 4) is 5.75 Å². The molecule has 1 aromatic heterocycles. The lowest BCUT2D eigenvalue weighted by atomic mass is 10.3. The number of amides is 1. The summed E-state index contributed by atoms with van der Waals surface area (Å²) < 4.78 is 0. The van der Waals surface area contributed by atoms with Crippen molar-refractivity contribution in [1.29, 1.82) is 0 Å². The van der Waals surface area contributed by atoms with Crippen LogP contribution < -0.4 is 5.32 Å². The topological polar surface area (TPSA) is 99.5 Å². The molecular weight excluding hydrogens is 260 g/mol. The maximum Gasteiger partial charge on any atom is 0.337 e. The van der Waals surface area contributed by atoms with Gasteiger partial charge in [-0.05, 0) is 36.4 Å². The summed E-state index contributed by atoms with van der Waals surface area (Å²) in [4.78, 5) is 24.3. The number of carboxylic acid groups (broad SMARTS) is 1. The summed E-state index contributed by atoms with van der Waals surface area (Å²) in [6.07, 6.45) is 2.84. The van der Waals surface area contributed by atoms with Crippen molar-refractivity contribution >= 4 is 17.6 Å². The van der Waals surface area contributed by atoms with Gasteiger partial charge in [-0.2, -0.15) is 0 Å². The van der Waals surface area contributed by atoms with E-state index in [0.717, 1.165) is 0 Å². The molecule has 0 atom stereocenters. The number of phenolic OH excluding ortho intramolecular Hbond substituents is 1. The monoisotopic (exact) mass is 274 g/mol. The van der Waals surface area contributed by atoms with Crippen molar-refractivity contribution in [3.63, 3.8) is 0 Å². The molecular formula is C14H14N2O4. The number of carbonyl (C=O) groups is 2.